The second kappa shape index (κ2) is 15.5. The van der Waals surface area contributed by atoms with Gasteiger partial charge in [0.05, 0.1) is 0 Å². The number of hydrogen-bond donors (Lipinski definition) is 2. The van der Waals surface area contributed by atoms with Crippen molar-refractivity contribution in [1.29, 1.82) is 0 Å². The van der Waals surface area contributed by atoms with Crippen molar-refractivity contribution in [2.75, 3.05) is 0 Å². The molecule has 0 spiro atoms. The Morgan fingerprint density at radius 3 is 1.17 bits per heavy atom. The molecule has 2 aromatic carbocycles. The number of benzene rings is 2. The van der Waals surface area contributed by atoms with E-state index in [9.17, 15) is 17.6 Å². The van der Waals surface area contributed by atoms with Crippen molar-refractivity contribution in [1.82, 2.24) is 0 Å². The van der Waals surface area contributed by atoms with Crippen molar-refractivity contribution in [2.45, 2.75) is 12.8 Å². The number of hydrogen-bond acceptors (Lipinski definition) is 2. The molecule has 0 saturated carbocycles. The van der Waals surface area contributed by atoms with Gasteiger partial charge in [0, 0.05) is 12.1 Å². The van der Waals surface area contributed by atoms with Gasteiger partial charge in [-0.05, 0) is 24.3 Å². The summed E-state index contributed by atoms with van der Waals surface area (Å²) < 4.78 is 48.1. The number of aromatic hydroxyl groups is 2. The number of phenolic OH excluding ortho intramolecular Hbond substituents is 2. The summed E-state index contributed by atoms with van der Waals surface area (Å²) in [4.78, 5) is 0. The molecule has 2 aliphatic rings. The van der Waals surface area contributed by atoms with E-state index in [4.69, 9.17) is 10.2 Å². The van der Waals surface area contributed by atoms with Crippen LogP contribution in [0, 0.1) is 35.4 Å². The van der Waals surface area contributed by atoms with Gasteiger partial charge >= 0.3 is 26.2 Å². The molecule has 0 aromatic heterocycles. The first-order valence-corrected chi connectivity index (χ1v) is 8.11. The molecule has 2 nitrogen and oxygen atoms in total. The maximum atomic E-state index is 12.0. The molecule has 2 aromatic rings. The number of halogens is 4. The number of rotatable bonds is 0. The topological polar surface area (TPSA) is 40.5 Å². The number of phenols is 2. The van der Waals surface area contributed by atoms with Crippen LogP contribution in [0.1, 0.15) is 12.8 Å². The Labute approximate surface area is 186 Å². The average molecular weight is 482 g/mol. The van der Waals surface area contributed by atoms with Crippen LogP contribution in [0.2, 0.25) is 0 Å². The standard InChI is InChI=1S/2C6H4F2O.2C5H5.Zr/c2*7-5-2-1-4(9)3-6(5)8;2*1-2-4-5-3-1;/h2*1-3,9H;2*1-3H,4H2;/q;;2*-1;+2. The minimum Gasteiger partial charge on any atom is -0.508 e. The molecule has 150 valence electrons. The molecule has 4 rings (SSSR count). The third-order valence-electron chi connectivity index (χ3n) is 2.98. The van der Waals surface area contributed by atoms with Crippen molar-refractivity contribution < 1.29 is 54.0 Å². The largest absolute Gasteiger partial charge is 2.00 e. The molecule has 0 atom stereocenters. The fourth-order valence-corrected chi connectivity index (χ4v) is 1.65. The molecule has 0 unspecified atom stereocenters. The Hall–Kier alpha value is -2.40. The summed E-state index contributed by atoms with van der Waals surface area (Å²) in [5.41, 5.74) is 0. The molecule has 7 heteroatoms. The fourth-order valence-electron chi connectivity index (χ4n) is 1.65. The molecule has 2 N–H and O–H groups in total. The van der Waals surface area contributed by atoms with Crippen molar-refractivity contribution in [2.24, 2.45) is 0 Å². The van der Waals surface area contributed by atoms with E-state index < -0.39 is 23.3 Å². The van der Waals surface area contributed by atoms with E-state index in [1.54, 1.807) is 0 Å². The van der Waals surface area contributed by atoms with Crippen molar-refractivity contribution >= 4 is 0 Å². The van der Waals surface area contributed by atoms with Gasteiger partial charge in [-0.2, -0.15) is 12.2 Å². The van der Waals surface area contributed by atoms with E-state index >= 15 is 0 Å². The van der Waals surface area contributed by atoms with Crippen molar-refractivity contribution in [3.63, 3.8) is 0 Å². The summed E-state index contributed by atoms with van der Waals surface area (Å²) in [5, 5.41) is 17.1. The van der Waals surface area contributed by atoms with E-state index in [0.29, 0.717) is 0 Å². The molecule has 0 bridgehead atoms. The summed E-state index contributed by atoms with van der Waals surface area (Å²) in [5.74, 6) is -4.51. The Balaban J connectivity index is 0.000000369. The summed E-state index contributed by atoms with van der Waals surface area (Å²) in [7, 11) is 0. The molecule has 0 saturated heterocycles. The molecule has 0 fully saturated rings. The minimum absolute atomic E-state index is 0. The fraction of sp³-hybridized carbons (Fsp3) is 0.0909. The Bertz CT molecular complexity index is 770. The van der Waals surface area contributed by atoms with Crippen molar-refractivity contribution in [3.8, 4) is 11.5 Å². The molecule has 0 amide bonds. The Morgan fingerprint density at radius 2 is 1.00 bits per heavy atom. The third-order valence-corrected chi connectivity index (χ3v) is 2.98. The van der Waals surface area contributed by atoms with E-state index in [-0.39, 0.29) is 37.7 Å². The molecule has 29 heavy (non-hydrogen) atoms. The Morgan fingerprint density at radius 1 is 0.621 bits per heavy atom. The number of allylic oxidation sites excluding steroid dienone is 8. The zero-order valence-corrected chi connectivity index (χ0v) is 17.7. The van der Waals surface area contributed by atoms with Crippen LogP contribution in [0.4, 0.5) is 17.6 Å². The van der Waals surface area contributed by atoms with Gasteiger partial charge in [-0.15, -0.1) is 12.8 Å². The van der Waals surface area contributed by atoms with E-state index in [1.807, 2.05) is 24.3 Å². The molecular weight excluding hydrogens is 463 g/mol. The van der Waals surface area contributed by atoms with E-state index in [2.05, 4.69) is 24.3 Å². The monoisotopic (exact) mass is 480 g/mol. The molecule has 2 aliphatic carbocycles. The third kappa shape index (κ3) is 12.6. The predicted octanol–water partition coefficient (Wildman–Crippen LogP) is 5.95. The van der Waals surface area contributed by atoms with Gasteiger partial charge in [-0.1, -0.05) is 0 Å². The van der Waals surface area contributed by atoms with Crippen LogP contribution >= 0.6 is 0 Å². The van der Waals surface area contributed by atoms with E-state index in [0.717, 1.165) is 49.2 Å². The van der Waals surface area contributed by atoms with Crippen LogP contribution in [-0.2, 0) is 26.2 Å². The van der Waals surface area contributed by atoms with Gasteiger partial charge in [-0.3, -0.25) is 12.2 Å². The molecule has 0 radical (unpaired) electrons. The minimum atomic E-state index is -1.03. The Kier molecular flexibility index (Phi) is 14.2. The van der Waals surface area contributed by atoms with Crippen LogP contribution in [0.3, 0.4) is 0 Å². The first-order valence-electron chi connectivity index (χ1n) is 8.11. The summed E-state index contributed by atoms with van der Waals surface area (Å²) >= 11 is 0. The van der Waals surface area contributed by atoms with Gasteiger partial charge in [0.25, 0.3) is 0 Å². The summed E-state index contributed by atoms with van der Waals surface area (Å²) in [6.45, 7) is 0. The van der Waals surface area contributed by atoms with Gasteiger partial charge in [0.15, 0.2) is 23.3 Å². The first kappa shape index (κ1) is 26.6. The van der Waals surface area contributed by atoms with Gasteiger partial charge in [-0.25, -0.2) is 41.9 Å². The smallest absolute Gasteiger partial charge is 0.508 e. The molecule has 0 aliphatic heterocycles. The van der Waals surface area contributed by atoms with Crippen molar-refractivity contribution in [3.05, 3.63) is 108 Å². The van der Waals surface area contributed by atoms with Gasteiger partial charge < -0.3 is 10.2 Å². The average Bonchev–Trinajstić information content (AvgIpc) is 3.41. The van der Waals surface area contributed by atoms with Gasteiger partial charge in [0.1, 0.15) is 11.5 Å². The normalized spacial score (nSPS) is 12.0. The van der Waals surface area contributed by atoms with Crippen LogP contribution in [0.5, 0.6) is 11.5 Å². The van der Waals surface area contributed by atoms with Crippen LogP contribution < -0.4 is 0 Å². The first-order chi connectivity index (χ1) is 13.4. The van der Waals surface area contributed by atoms with E-state index in [1.165, 1.54) is 0 Å². The summed E-state index contributed by atoms with van der Waals surface area (Å²) in [6.07, 6.45) is 20.0. The quantitative estimate of drug-likeness (QED) is 0.361. The predicted molar refractivity (Wildman–Crippen MR) is 99.2 cm³/mol. The SMILES string of the molecule is Oc1ccc(F)c(F)c1.Oc1ccc(F)c(F)c1.[C-]1=CC=CC1.[C-]1=CC=CC1.[Zr+2]. The molecule has 0 heterocycles. The maximum absolute atomic E-state index is 12.0. The summed E-state index contributed by atoms with van der Waals surface area (Å²) in [6, 6.07) is 5.33. The zero-order chi connectivity index (χ0) is 20.8. The second-order valence-corrected chi connectivity index (χ2v) is 5.20. The second-order valence-electron chi connectivity index (χ2n) is 5.20. The molecular formula is C22H18F4O2Zr. The maximum Gasteiger partial charge on any atom is 2.00 e. The van der Waals surface area contributed by atoms with Crippen LogP contribution in [0.15, 0.2) is 72.9 Å². The van der Waals surface area contributed by atoms with Gasteiger partial charge in [0.2, 0.25) is 0 Å². The van der Waals surface area contributed by atoms with Crippen LogP contribution in [0.25, 0.3) is 0 Å². The zero-order valence-electron chi connectivity index (χ0n) is 15.2. The van der Waals surface area contributed by atoms with Crippen LogP contribution in [-0.4, -0.2) is 10.2 Å².